The first-order chi connectivity index (χ1) is 15.1. The van der Waals surface area contributed by atoms with Gasteiger partial charge in [-0.15, -0.1) is 0 Å². The number of carbonyl (C=O) groups is 2. The van der Waals surface area contributed by atoms with Crippen LogP contribution in [0.4, 0.5) is 4.79 Å². The summed E-state index contributed by atoms with van der Waals surface area (Å²) in [6.07, 6.45) is 6.26. The van der Waals surface area contributed by atoms with Crippen LogP contribution in [0.1, 0.15) is 61.0 Å². The van der Waals surface area contributed by atoms with E-state index in [1.807, 2.05) is 0 Å². The second-order valence-electron chi connectivity index (χ2n) is 8.10. The van der Waals surface area contributed by atoms with Gasteiger partial charge in [0.05, 0.1) is 21.9 Å². The summed E-state index contributed by atoms with van der Waals surface area (Å²) in [7, 11) is 0. The number of rotatable bonds is 4. The number of amides is 2. The van der Waals surface area contributed by atoms with Crippen molar-refractivity contribution in [1.82, 2.24) is 19.7 Å². The molecule has 11 heteroatoms. The van der Waals surface area contributed by atoms with Gasteiger partial charge in [-0.05, 0) is 38.0 Å². The van der Waals surface area contributed by atoms with Crippen molar-refractivity contribution in [3.8, 4) is 5.69 Å². The van der Waals surface area contributed by atoms with Gasteiger partial charge in [-0.1, -0.05) is 43.7 Å². The molecule has 1 fully saturated rings. The molecular formula is C21H26ClN5O5. The molecule has 1 aliphatic rings. The van der Waals surface area contributed by atoms with Gasteiger partial charge in [0.25, 0.3) is 11.5 Å². The lowest BCUT2D eigenvalue weighted by Gasteiger charge is -2.30. The van der Waals surface area contributed by atoms with Gasteiger partial charge in [0, 0.05) is 6.54 Å². The molecule has 32 heavy (non-hydrogen) atoms. The Balaban J connectivity index is 1.89. The highest BCUT2D eigenvalue weighted by Gasteiger charge is 2.28. The highest BCUT2D eigenvalue weighted by Crippen LogP contribution is 2.26. The molecule has 2 aromatic rings. The standard InChI is InChI=1S/C21H26ClN5O5/c1-13-18(29)26(19(23)30)20(31)27(25-13)14-7-8-16(22)15(11-14)17(28)24-12-21(32)9-5-3-2-4-6-10-21/h7-8,11,32H,2-6,9-10,12H2,1H3,(H2,23,30)(H,24,28). The third-order valence-corrected chi connectivity index (χ3v) is 5.99. The molecule has 0 radical (unpaired) electrons. The molecule has 1 heterocycles. The van der Waals surface area contributed by atoms with Gasteiger partial charge in [-0.2, -0.15) is 14.3 Å². The van der Waals surface area contributed by atoms with Crippen molar-refractivity contribution in [2.24, 2.45) is 5.73 Å². The zero-order valence-electron chi connectivity index (χ0n) is 17.8. The molecule has 1 aromatic heterocycles. The van der Waals surface area contributed by atoms with E-state index in [1.54, 1.807) is 0 Å². The van der Waals surface area contributed by atoms with Crippen LogP contribution in [0, 0.1) is 6.92 Å². The lowest BCUT2D eigenvalue weighted by molar-refractivity contribution is 0.0146. The van der Waals surface area contributed by atoms with E-state index in [0.717, 1.165) is 36.8 Å². The van der Waals surface area contributed by atoms with Gasteiger partial charge in [-0.25, -0.2) is 9.59 Å². The lowest BCUT2D eigenvalue weighted by Crippen LogP contribution is -2.47. The Hall–Kier alpha value is -2.98. The molecule has 0 bridgehead atoms. The predicted molar refractivity (Wildman–Crippen MR) is 118 cm³/mol. The molecule has 1 saturated carbocycles. The predicted octanol–water partition coefficient (Wildman–Crippen LogP) is 1.49. The quantitative estimate of drug-likeness (QED) is 0.625. The number of nitrogens with two attached hydrogens (primary N) is 1. The number of nitrogens with one attached hydrogen (secondary N) is 1. The van der Waals surface area contributed by atoms with E-state index in [-0.39, 0.29) is 33.1 Å². The number of carbonyl (C=O) groups excluding carboxylic acids is 2. The molecule has 2 amide bonds. The summed E-state index contributed by atoms with van der Waals surface area (Å²) in [6.45, 7) is 1.41. The molecule has 0 saturated heterocycles. The van der Waals surface area contributed by atoms with Gasteiger partial charge in [-0.3, -0.25) is 9.59 Å². The van der Waals surface area contributed by atoms with E-state index in [1.165, 1.54) is 25.1 Å². The molecule has 0 unspecified atom stereocenters. The lowest BCUT2D eigenvalue weighted by atomic mass is 9.87. The molecule has 0 aliphatic heterocycles. The summed E-state index contributed by atoms with van der Waals surface area (Å²) in [5.41, 5.74) is 2.24. The number of hydrogen-bond donors (Lipinski definition) is 3. The van der Waals surface area contributed by atoms with Gasteiger partial charge < -0.3 is 16.2 Å². The van der Waals surface area contributed by atoms with Gasteiger partial charge in [0.1, 0.15) is 5.69 Å². The van der Waals surface area contributed by atoms with Crippen molar-refractivity contribution in [2.75, 3.05) is 6.54 Å². The maximum atomic E-state index is 12.8. The Morgan fingerprint density at radius 1 is 1.19 bits per heavy atom. The van der Waals surface area contributed by atoms with Gasteiger partial charge >= 0.3 is 11.7 Å². The molecule has 0 atom stereocenters. The number of halogens is 1. The minimum Gasteiger partial charge on any atom is -0.388 e. The normalized spacial score (nSPS) is 16.1. The first-order valence-corrected chi connectivity index (χ1v) is 10.8. The fraction of sp³-hybridized carbons (Fsp3) is 0.476. The summed E-state index contributed by atoms with van der Waals surface area (Å²) in [4.78, 5) is 49.0. The topological polar surface area (TPSA) is 149 Å². The molecule has 0 spiro atoms. The van der Waals surface area contributed by atoms with Crippen LogP contribution in [-0.2, 0) is 0 Å². The Bertz CT molecular complexity index is 1150. The van der Waals surface area contributed by atoms with E-state index in [4.69, 9.17) is 17.3 Å². The maximum Gasteiger partial charge on any atom is 0.360 e. The van der Waals surface area contributed by atoms with Crippen molar-refractivity contribution >= 4 is 23.5 Å². The molecule has 4 N–H and O–H groups in total. The summed E-state index contributed by atoms with van der Waals surface area (Å²) >= 11 is 6.20. The second-order valence-corrected chi connectivity index (χ2v) is 8.50. The van der Waals surface area contributed by atoms with Crippen LogP contribution in [0.15, 0.2) is 27.8 Å². The van der Waals surface area contributed by atoms with Gasteiger partial charge in [0.15, 0.2) is 0 Å². The van der Waals surface area contributed by atoms with E-state index < -0.39 is 28.8 Å². The van der Waals surface area contributed by atoms with E-state index in [9.17, 15) is 24.3 Å². The fourth-order valence-corrected chi connectivity index (χ4v) is 4.04. The summed E-state index contributed by atoms with van der Waals surface area (Å²) < 4.78 is 1.07. The van der Waals surface area contributed by atoms with Gasteiger partial charge in [0.2, 0.25) is 0 Å². The third kappa shape index (κ3) is 5.08. The van der Waals surface area contributed by atoms with Crippen molar-refractivity contribution in [3.05, 3.63) is 55.3 Å². The zero-order chi connectivity index (χ0) is 23.5. The molecule has 1 aromatic carbocycles. The van der Waals surface area contributed by atoms with E-state index in [0.29, 0.717) is 12.8 Å². The number of aromatic nitrogens is 3. The summed E-state index contributed by atoms with van der Waals surface area (Å²) in [5, 5.41) is 17.6. The molecule has 1 aliphatic carbocycles. The minimum absolute atomic E-state index is 0.0572. The smallest absolute Gasteiger partial charge is 0.360 e. The Labute approximate surface area is 189 Å². The SMILES string of the molecule is Cc1nn(-c2ccc(Cl)c(C(=O)NCC3(O)CCCCCCC3)c2)c(=O)n(C(N)=O)c1=O. The zero-order valence-corrected chi connectivity index (χ0v) is 18.5. The fourth-order valence-electron chi connectivity index (χ4n) is 3.84. The summed E-state index contributed by atoms with van der Waals surface area (Å²) in [6, 6.07) is 2.91. The Morgan fingerprint density at radius 2 is 1.81 bits per heavy atom. The van der Waals surface area contributed by atoms with E-state index in [2.05, 4.69) is 10.4 Å². The van der Waals surface area contributed by atoms with Crippen LogP contribution < -0.4 is 22.3 Å². The highest BCUT2D eigenvalue weighted by atomic mass is 35.5. The van der Waals surface area contributed by atoms with Crippen LogP contribution in [0.2, 0.25) is 5.02 Å². The first kappa shape index (κ1) is 23.7. The number of hydrogen-bond acceptors (Lipinski definition) is 6. The highest BCUT2D eigenvalue weighted by molar-refractivity contribution is 6.33. The molecule has 10 nitrogen and oxygen atoms in total. The minimum atomic E-state index is -1.24. The van der Waals surface area contributed by atoms with Crippen LogP contribution >= 0.6 is 11.6 Å². The number of primary amides is 1. The van der Waals surface area contributed by atoms with Crippen LogP contribution in [-0.4, -0.2) is 43.5 Å². The largest absolute Gasteiger partial charge is 0.388 e. The number of benzene rings is 1. The van der Waals surface area contributed by atoms with Crippen molar-refractivity contribution in [2.45, 2.75) is 57.5 Å². The van der Waals surface area contributed by atoms with Crippen LogP contribution in [0.25, 0.3) is 5.69 Å². The number of nitrogens with zero attached hydrogens (tertiary/aromatic N) is 3. The van der Waals surface area contributed by atoms with Crippen LogP contribution in [0.5, 0.6) is 0 Å². The number of aliphatic hydroxyl groups is 1. The molecule has 3 rings (SSSR count). The monoisotopic (exact) mass is 463 g/mol. The Kier molecular flexibility index (Phi) is 7.15. The van der Waals surface area contributed by atoms with Crippen molar-refractivity contribution < 1.29 is 14.7 Å². The summed E-state index contributed by atoms with van der Waals surface area (Å²) in [5.74, 6) is -0.527. The Morgan fingerprint density at radius 3 is 2.44 bits per heavy atom. The molecular weight excluding hydrogens is 438 g/mol. The number of aryl methyl sites for hydroxylation is 1. The second kappa shape index (κ2) is 9.66. The van der Waals surface area contributed by atoms with Crippen LogP contribution in [0.3, 0.4) is 0 Å². The average Bonchev–Trinajstić information content (AvgIpc) is 2.72. The average molecular weight is 464 g/mol. The molecule has 172 valence electrons. The van der Waals surface area contributed by atoms with Crippen molar-refractivity contribution in [3.63, 3.8) is 0 Å². The van der Waals surface area contributed by atoms with Crippen molar-refractivity contribution in [1.29, 1.82) is 0 Å². The first-order valence-electron chi connectivity index (χ1n) is 10.5. The van der Waals surface area contributed by atoms with E-state index >= 15 is 0 Å². The third-order valence-electron chi connectivity index (χ3n) is 5.66. The maximum absolute atomic E-state index is 12.8.